The third-order valence-electron chi connectivity index (χ3n) is 3.04. The SMILES string of the molecule is COc1ccc2c(c1)C(I)=C(CCO)N(C)S2(=O)=O. The maximum Gasteiger partial charge on any atom is 0.264 e. The van der Waals surface area contributed by atoms with Gasteiger partial charge in [0.1, 0.15) is 5.75 Å². The average Bonchev–Trinajstić information content (AvgIpc) is 2.41. The Bertz CT molecular complexity index is 639. The van der Waals surface area contributed by atoms with E-state index in [0.29, 0.717) is 23.4 Å². The van der Waals surface area contributed by atoms with Crippen LogP contribution >= 0.6 is 22.6 Å². The fourth-order valence-electron chi connectivity index (χ4n) is 1.99. The normalized spacial score (nSPS) is 17.4. The number of rotatable bonds is 3. The molecule has 7 heteroatoms. The standard InChI is InChI=1S/C12H14INO4S/c1-14-10(5-6-15)12(13)9-7-8(18-2)3-4-11(9)19(14,16)17/h3-4,7,15H,5-6H2,1-2H3. The summed E-state index contributed by atoms with van der Waals surface area (Å²) in [6, 6.07) is 4.89. The third-order valence-corrected chi connectivity index (χ3v) is 6.10. The summed E-state index contributed by atoms with van der Waals surface area (Å²) < 4.78 is 32.0. The van der Waals surface area contributed by atoms with Crippen LogP contribution in [0.4, 0.5) is 0 Å². The molecule has 1 aromatic rings. The molecule has 0 saturated heterocycles. The van der Waals surface area contributed by atoms with Crippen molar-refractivity contribution in [2.24, 2.45) is 0 Å². The number of aliphatic hydroxyl groups excluding tert-OH is 1. The van der Waals surface area contributed by atoms with Gasteiger partial charge in [-0.3, -0.25) is 4.31 Å². The van der Waals surface area contributed by atoms with Gasteiger partial charge in [-0.05, 0) is 40.8 Å². The van der Waals surface area contributed by atoms with E-state index in [4.69, 9.17) is 9.84 Å². The van der Waals surface area contributed by atoms with Gasteiger partial charge in [-0.15, -0.1) is 0 Å². The van der Waals surface area contributed by atoms with Crippen LogP contribution in [0.25, 0.3) is 3.58 Å². The van der Waals surface area contributed by atoms with Gasteiger partial charge < -0.3 is 9.84 Å². The van der Waals surface area contributed by atoms with Crippen LogP contribution in [0.15, 0.2) is 28.8 Å². The molecule has 104 valence electrons. The summed E-state index contributed by atoms with van der Waals surface area (Å²) >= 11 is 2.11. The third kappa shape index (κ3) is 2.34. The highest BCUT2D eigenvalue weighted by Gasteiger charge is 2.33. The monoisotopic (exact) mass is 395 g/mol. The Morgan fingerprint density at radius 1 is 1.42 bits per heavy atom. The van der Waals surface area contributed by atoms with E-state index in [1.807, 2.05) is 0 Å². The van der Waals surface area contributed by atoms with Crippen molar-refractivity contribution in [3.8, 4) is 5.75 Å². The van der Waals surface area contributed by atoms with E-state index < -0.39 is 10.0 Å². The van der Waals surface area contributed by atoms with E-state index in [2.05, 4.69) is 22.6 Å². The van der Waals surface area contributed by atoms with Crippen molar-refractivity contribution in [3.63, 3.8) is 0 Å². The molecule has 19 heavy (non-hydrogen) atoms. The molecular weight excluding hydrogens is 381 g/mol. The molecule has 1 aliphatic rings. The summed E-state index contributed by atoms with van der Waals surface area (Å²) in [4.78, 5) is 0.266. The van der Waals surface area contributed by atoms with Gasteiger partial charge >= 0.3 is 0 Å². The van der Waals surface area contributed by atoms with Crippen LogP contribution in [0.2, 0.25) is 0 Å². The van der Waals surface area contributed by atoms with Crippen molar-refractivity contribution < 1.29 is 18.3 Å². The smallest absolute Gasteiger partial charge is 0.264 e. The molecule has 5 nitrogen and oxygen atoms in total. The van der Waals surface area contributed by atoms with Crippen molar-refractivity contribution in [3.05, 3.63) is 29.5 Å². The summed E-state index contributed by atoms with van der Waals surface area (Å²) in [5.41, 5.74) is 1.23. The Kier molecular flexibility index (Phi) is 4.07. The van der Waals surface area contributed by atoms with Crippen molar-refractivity contribution in [2.75, 3.05) is 20.8 Å². The van der Waals surface area contributed by atoms with Crippen molar-refractivity contribution >= 4 is 36.2 Å². The largest absolute Gasteiger partial charge is 0.497 e. The first kappa shape index (κ1) is 14.6. The number of nitrogens with zero attached hydrogens (tertiary/aromatic N) is 1. The molecule has 1 heterocycles. The van der Waals surface area contributed by atoms with Crippen LogP contribution in [-0.4, -0.2) is 38.6 Å². The van der Waals surface area contributed by atoms with E-state index in [1.165, 1.54) is 18.5 Å². The molecule has 0 unspecified atom stereocenters. The second-order valence-corrected chi connectivity index (χ2v) is 7.09. The Labute approximate surface area is 126 Å². The van der Waals surface area contributed by atoms with Gasteiger partial charge in [0.2, 0.25) is 0 Å². The molecule has 0 aromatic heterocycles. The predicted molar refractivity (Wildman–Crippen MR) is 80.6 cm³/mol. The fraction of sp³-hybridized carbons (Fsp3) is 0.333. The number of fused-ring (bicyclic) bond motifs is 1. The summed E-state index contributed by atoms with van der Waals surface area (Å²) in [6.45, 7) is -0.0962. The lowest BCUT2D eigenvalue weighted by atomic mass is 10.1. The molecule has 0 spiro atoms. The molecule has 1 aromatic carbocycles. The van der Waals surface area contributed by atoms with Gasteiger partial charge in [0, 0.05) is 34.9 Å². The van der Waals surface area contributed by atoms with E-state index in [-0.39, 0.29) is 11.5 Å². The Balaban J connectivity index is 2.73. The minimum Gasteiger partial charge on any atom is -0.497 e. The van der Waals surface area contributed by atoms with Crippen molar-refractivity contribution in [1.29, 1.82) is 0 Å². The highest BCUT2D eigenvalue weighted by molar-refractivity contribution is 14.1. The van der Waals surface area contributed by atoms with Crippen molar-refractivity contribution in [2.45, 2.75) is 11.3 Å². The highest BCUT2D eigenvalue weighted by atomic mass is 127. The summed E-state index contributed by atoms with van der Waals surface area (Å²) in [5, 5.41) is 9.09. The molecule has 1 N–H and O–H groups in total. The van der Waals surface area contributed by atoms with Gasteiger partial charge in [-0.25, -0.2) is 8.42 Å². The molecule has 0 bridgehead atoms. The number of halogens is 1. The zero-order chi connectivity index (χ0) is 14.2. The zero-order valence-electron chi connectivity index (χ0n) is 10.6. The first-order valence-corrected chi connectivity index (χ1v) is 8.12. The lowest BCUT2D eigenvalue weighted by Gasteiger charge is -2.29. The highest BCUT2D eigenvalue weighted by Crippen LogP contribution is 2.41. The number of methoxy groups -OCH3 is 1. The van der Waals surface area contributed by atoms with Gasteiger partial charge in [0.05, 0.1) is 12.0 Å². The maximum absolute atomic E-state index is 12.4. The van der Waals surface area contributed by atoms with Crippen LogP contribution in [0.1, 0.15) is 12.0 Å². The van der Waals surface area contributed by atoms with E-state index in [9.17, 15) is 8.42 Å². The van der Waals surface area contributed by atoms with Crippen LogP contribution in [0.5, 0.6) is 5.75 Å². The lowest BCUT2D eigenvalue weighted by molar-refractivity contribution is 0.291. The first-order valence-electron chi connectivity index (χ1n) is 5.60. The minimum atomic E-state index is -3.55. The van der Waals surface area contributed by atoms with Crippen LogP contribution in [-0.2, 0) is 10.0 Å². The molecule has 0 atom stereocenters. The minimum absolute atomic E-state index is 0.0962. The van der Waals surface area contributed by atoms with Crippen LogP contribution < -0.4 is 4.74 Å². The van der Waals surface area contributed by atoms with Gasteiger partial charge in [0.15, 0.2) is 0 Å². The predicted octanol–water partition coefficient (Wildman–Crippen LogP) is 1.82. The lowest BCUT2D eigenvalue weighted by Crippen LogP contribution is -2.31. The number of benzene rings is 1. The molecule has 0 aliphatic carbocycles. The van der Waals surface area contributed by atoms with Gasteiger partial charge in [0.25, 0.3) is 10.0 Å². The number of aliphatic hydroxyl groups is 1. The molecule has 2 rings (SSSR count). The number of hydrogen-bond acceptors (Lipinski definition) is 4. The van der Waals surface area contributed by atoms with E-state index in [1.54, 1.807) is 18.2 Å². The van der Waals surface area contributed by atoms with Crippen LogP contribution in [0, 0.1) is 0 Å². The topological polar surface area (TPSA) is 66.8 Å². The molecule has 0 amide bonds. The van der Waals surface area contributed by atoms with Crippen LogP contribution in [0.3, 0.4) is 0 Å². The van der Waals surface area contributed by atoms with E-state index >= 15 is 0 Å². The summed E-state index contributed by atoms with van der Waals surface area (Å²) in [6.07, 6.45) is 0.296. The molecule has 0 radical (unpaired) electrons. The van der Waals surface area contributed by atoms with Gasteiger partial charge in [-0.1, -0.05) is 0 Å². The van der Waals surface area contributed by atoms with Crippen molar-refractivity contribution in [1.82, 2.24) is 4.31 Å². The Morgan fingerprint density at radius 3 is 2.68 bits per heavy atom. The second kappa shape index (κ2) is 5.29. The Morgan fingerprint density at radius 2 is 2.11 bits per heavy atom. The molecule has 1 aliphatic heterocycles. The van der Waals surface area contributed by atoms with E-state index in [0.717, 1.165) is 3.58 Å². The number of hydrogen-bond donors (Lipinski definition) is 1. The number of ether oxygens (including phenoxy) is 1. The molecular formula is C12H14INO4S. The molecule has 0 fully saturated rings. The quantitative estimate of drug-likeness (QED) is 0.794. The number of sulfonamides is 1. The zero-order valence-corrected chi connectivity index (χ0v) is 13.5. The second-order valence-electron chi connectivity index (χ2n) is 4.07. The average molecular weight is 395 g/mol. The summed E-state index contributed by atoms with van der Waals surface area (Å²) in [7, 11) is -0.502. The first-order chi connectivity index (χ1) is 8.93. The molecule has 0 saturated carbocycles. The fourth-order valence-corrected chi connectivity index (χ4v) is 4.86. The summed E-state index contributed by atoms with van der Waals surface area (Å²) in [5.74, 6) is 0.607. The van der Waals surface area contributed by atoms with Gasteiger partial charge in [-0.2, -0.15) is 0 Å². The maximum atomic E-state index is 12.4. The Hall–Kier alpha value is -0.800.